The first kappa shape index (κ1) is 39.3. The van der Waals surface area contributed by atoms with E-state index in [9.17, 15) is 19.2 Å². The van der Waals surface area contributed by atoms with Gasteiger partial charge in [-0.3, -0.25) is 30.2 Å². The van der Waals surface area contributed by atoms with E-state index in [0.29, 0.717) is 11.4 Å². The molecule has 3 aromatic rings. The summed E-state index contributed by atoms with van der Waals surface area (Å²) in [5.74, 6) is 0.0886. The number of aromatic nitrogens is 4. The molecule has 0 aliphatic carbocycles. The standard InChI is InChI=1S/C24H30N8O4.2CHCl3/c1-13-10-17(33)27-19(25-13)29-21(35)31-23(3,4)15-8-7-9-16(12-15)24(5,6)32-22(36)30-20-26-14(2)11-18(34)28-20;2*2-1(3)4/h7-12H,1-6H3,(H3,25,27,29,31,33,35)(H3,26,28,30,32,34,36);2*1H. The van der Waals surface area contributed by atoms with Crippen molar-refractivity contribution in [1.29, 1.82) is 0 Å². The van der Waals surface area contributed by atoms with Gasteiger partial charge in [0, 0.05) is 23.5 Å². The molecule has 2 aromatic heterocycles. The van der Waals surface area contributed by atoms with Crippen LogP contribution in [0.4, 0.5) is 21.5 Å². The van der Waals surface area contributed by atoms with Crippen molar-refractivity contribution >= 4 is 93.6 Å². The molecule has 1 aromatic carbocycles. The van der Waals surface area contributed by atoms with E-state index in [1.807, 2.05) is 52.0 Å². The maximum Gasteiger partial charge on any atom is 0.322 e. The smallest absolute Gasteiger partial charge is 0.322 e. The summed E-state index contributed by atoms with van der Waals surface area (Å²) in [5, 5.41) is 10.8. The molecule has 0 atom stereocenters. The number of hydrogen-bond acceptors (Lipinski definition) is 6. The number of carbonyl (C=O) groups is 2. The van der Waals surface area contributed by atoms with Crippen LogP contribution < -0.4 is 32.4 Å². The van der Waals surface area contributed by atoms with E-state index in [-0.39, 0.29) is 23.0 Å². The van der Waals surface area contributed by atoms with Gasteiger partial charge < -0.3 is 10.6 Å². The molecule has 0 unspecified atom stereocenters. The third-order valence-corrected chi connectivity index (χ3v) is 5.36. The molecular weight excluding hydrogens is 701 g/mol. The molecule has 4 amide bonds. The molecule has 3 rings (SSSR count). The van der Waals surface area contributed by atoms with Crippen molar-refractivity contribution in [3.63, 3.8) is 0 Å². The average molecular weight is 733 g/mol. The molecule has 0 radical (unpaired) electrons. The summed E-state index contributed by atoms with van der Waals surface area (Å²) in [7, 11) is 0. The highest BCUT2D eigenvalue weighted by atomic mass is 35.6. The molecule has 12 nitrogen and oxygen atoms in total. The fourth-order valence-corrected chi connectivity index (χ4v) is 3.56. The first-order chi connectivity index (χ1) is 20.2. The van der Waals surface area contributed by atoms with Gasteiger partial charge in [0.25, 0.3) is 11.1 Å². The zero-order valence-corrected chi connectivity index (χ0v) is 28.9. The molecule has 6 N–H and O–H groups in total. The van der Waals surface area contributed by atoms with Gasteiger partial charge in [0.1, 0.15) is 0 Å². The average Bonchev–Trinajstić information content (AvgIpc) is 2.81. The zero-order chi connectivity index (χ0) is 33.8. The van der Waals surface area contributed by atoms with Crippen LogP contribution in [0.25, 0.3) is 0 Å². The number of benzene rings is 1. The van der Waals surface area contributed by atoms with Crippen LogP contribution in [0, 0.1) is 13.8 Å². The molecular formula is C26H32Cl6N8O4. The molecule has 2 heterocycles. The van der Waals surface area contributed by atoms with E-state index >= 15 is 0 Å². The topological polar surface area (TPSA) is 174 Å². The molecule has 0 fully saturated rings. The van der Waals surface area contributed by atoms with E-state index in [1.165, 1.54) is 12.1 Å². The summed E-state index contributed by atoms with van der Waals surface area (Å²) in [4.78, 5) is 61.5. The fraction of sp³-hybridized carbons (Fsp3) is 0.385. The van der Waals surface area contributed by atoms with Crippen LogP contribution in [0.2, 0.25) is 0 Å². The summed E-state index contributed by atoms with van der Waals surface area (Å²) >= 11 is 28.8. The third-order valence-electron chi connectivity index (χ3n) is 5.36. The molecule has 18 heteroatoms. The van der Waals surface area contributed by atoms with Gasteiger partial charge in [0.2, 0.25) is 11.9 Å². The quantitative estimate of drug-likeness (QED) is 0.157. The van der Waals surface area contributed by atoms with Crippen molar-refractivity contribution in [3.8, 4) is 0 Å². The Morgan fingerprint density at radius 2 is 1.00 bits per heavy atom. The number of carbonyl (C=O) groups excluding carboxylic acids is 2. The number of aromatic amines is 2. The zero-order valence-electron chi connectivity index (χ0n) is 24.4. The highest BCUT2D eigenvalue weighted by Gasteiger charge is 2.28. The van der Waals surface area contributed by atoms with Crippen LogP contribution in [0.3, 0.4) is 0 Å². The van der Waals surface area contributed by atoms with Crippen molar-refractivity contribution < 1.29 is 9.59 Å². The molecule has 0 aliphatic heterocycles. The predicted molar refractivity (Wildman–Crippen MR) is 179 cm³/mol. The van der Waals surface area contributed by atoms with Gasteiger partial charge in [-0.1, -0.05) is 93.9 Å². The van der Waals surface area contributed by atoms with E-state index in [2.05, 4.69) is 41.2 Å². The van der Waals surface area contributed by atoms with Gasteiger partial charge >= 0.3 is 12.1 Å². The van der Waals surface area contributed by atoms with Crippen LogP contribution >= 0.6 is 69.6 Å². The Labute approximate surface area is 283 Å². The van der Waals surface area contributed by atoms with Gasteiger partial charge in [-0.25, -0.2) is 19.6 Å². The van der Waals surface area contributed by atoms with Crippen molar-refractivity contribution in [2.45, 2.75) is 61.2 Å². The molecule has 44 heavy (non-hydrogen) atoms. The van der Waals surface area contributed by atoms with E-state index in [0.717, 1.165) is 11.1 Å². The number of nitrogens with zero attached hydrogens (tertiary/aromatic N) is 2. The summed E-state index contributed by atoms with van der Waals surface area (Å²) < 4.78 is -1.50. The maximum absolute atomic E-state index is 12.6. The number of halogens is 6. The number of amides is 4. The molecule has 0 spiro atoms. The number of H-pyrrole nitrogens is 2. The lowest BCUT2D eigenvalue weighted by Crippen LogP contribution is -2.45. The summed E-state index contributed by atoms with van der Waals surface area (Å²) in [6, 6.07) is 8.97. The summed E-state index contributed by atoms with van der Waals surface area (Å²) in [6.07, 6.45) is 0. The Morgan fingerprint density at radius 3 is 1.30 bits per heavy atom. The Hall–Kier alpha value is -2.74. The van der Waals surface area contributed by atoms with Crippen LogP contribution in [0.15, 0.2) is 46.0 Å². The van der Waals surface area contributed by atoms with E-state index in [4.69, 9.17) is 69.6 Å². The van der Waals surface area contributed by atoms with Crippen LogP contribution in [0.5, 0.6) is 0 Å². The molecule has 0 aliphatic rings. The van der Waals surface area contributed by atoms with E-state index in [1.54, 1.807) is 13.8 Å². The second-order valence-electron chi connectivity index (χ2n) is 9.95. The third kappa shape index (κ3) is 15.3. The summed E-state index contributed by atoms with van der Waals surface area (Å²) in [5.41, 5.74) is 0.150. The molecule has 0 saturated heterocycles. The number of aryl methyl sites for hydroxylation is 2. The van der Waals surface area contributed by atoms with Crippen molar-refractivity contribution in [2.75, 3.05) is 10.6 Å². The fourth-order valence-electron chi connectivity index (χ4n) is 3.56. The van der Waals surface area contributed by atoms with Gasteiger partial charge in [-0.2, -0.15) is 0 Å². The lowest BCUT2D eigenvalue weighted by Gasteiger charge is -2.31. The highest BCUT2D eigenvalue weighted by Crippen LogP contribution is 2.27. The number of urea groups is 2. The normalized spacial score (nSPS) is 11.0. The van der Waals surface area contributed by atoms with Gasteiger partial charge in [0.05, 0.1) is 11.1 Å². The Bertz CT molecular complexity index is 1410. The highest BCUT2D eigenvalue weighted by molar-refractivity contribution is 6.63. The Balaban J connectivity index is 0.00000108. The Kier molecular flexibility index (Phi) is 15.8. The van der Waals surface area contributed by atoms with Crippen molar-refractivity contribution in [1.82, 2.24) is 30.6 Å². The number of hydrogen-bond donors (Lipinski definition) is 6. The monoisotopic (exact) mass is 730 g/mol. The van der Waals surface area contributed by atoms with Gasteiger partial charge in [0.15, 0.2) is 8.59 Å². The lowest BCUT2D eigenvalue weighted by atomic mass is 9.87. The second kappa shape index (κ2) is 17.7. The SMILES string of the molecule is Cc1cc(=O)[nH]c(NC(=O)NC(C)(C)c2cccc(C(C)(C)NC(=O)Nc3nc(C)cc(=O)[nH]3)c2)n1.ClC(Cl)Cl.ClC(Cl)Cl. The number of anilines is 2. The molecule has 0 bridgehead atoms. The van der Waals surface area contributed by atoms with E-state index < -0.39 is 31.7 Å². The number of rotatable bonds is 6. The number of alkyl halides is 6. The maximum atomic E-state index is 12.6. The first-order valence-electron chi connectivity index (χ1n) is 12.5. The van der Waals surface area contributed by atoms with Crippen LogP contribution in [-0.2, 0) is 11.1 Å². The molecule has 0 saturated carbocycles. The minimum Gasteiger partial charge on any atom is -0.329 e. The van der Waals surface area contributed by atoms with Crippen LogP contribution in [-0.4, -0.2) is 40.6 Å². The van der Waals surface area contributed by atoms with Crippen molar-refractivity contribution in [3.05, 3.63) is 79.6 Å². The number of nitrogens with one attached hydrogen (secondary N) is 6. The lowest BCUT2D eigenvalue weighted by molar-refractivity contribution is 0.241. The summed E-state index contributed by atoms with van der Waals surface area (Å²) in [6.45, 7) is 10.6. The minimum absolute atomic E-state index is 0.0443. The minimum atomic E-state index is -0.812. The Morgan fingerprint density at radius 1 is 0.682 bits per heavy atom. The largest absolute Gasteiger partial charge is 0.329 e. The molecule has 242 valence electrons. The van der Waals surface area contributed by atoms with Gasteiger partial charge in [-0.05, 0) is 52.7 Å². The predicted octanol–water partition coefficient (Wildman–Crippen LogP) is 6.56. The first-order valence-corrected chi connectivity index (χ1v) is 15.1. The van der Waals surface area contributed by atoms with Crippen molar-refractivity contribution in [2.24, 2.45) is 0 Å². The van der Waals surface area contributed by atoms with Gasteiger partial charge in [-0.15, -0.1) is 0 Å². The second-order valence-corrected chi connectivity index (χ2v) is 13.9. The van der Waals surface area contributed by atoms with Crippen LogP contribution in [0.1, 0.15) is 50.2 Å².